The van der Waals surface area contributed by atoms with Gasteiger partial charge in [0.05, 0.1) is 11.4 Å². The lowest BCUT2D eigenvalue weighted by atomic mass is 10.1. The molecule has 0 aliphatic rings. The fraction of sp³-hybridized carbons (Fsp3) is 0.286. The van der Waals surface area contributed by atoms with Gasteiger partial charge in [-0.25, -0.2) is 4.39 Å². The van der Waals surface area contributed by atoms with E-state index in [2.05, 4.69) is 28.4 Å². The van der Waals surface area contributed by atoms with Gasteiger partial charge in [-0.15, -0.1) is 10.2 Å². The Hall–Kier alpha value is -2.38. The van der Waals surface area contributed by atoms with Gasteiger partial charge < -0.3 is 4.90 Å². The van der Waals surface area contributed by atoms with E-state index in [-0.39, 0.29) is 18.2 Å². The van der Waals surface area contributed by atoms with Gasteiger partial charge >= 0.3 is 0 Å². The third-order valence-electron chi connectivity index (χ3n) is 4.61. The minimum atomic E-state index is -0.421. The molecule has 0 saturated heterocycles. The molecule has 0 N–H and O–H groups in total. The van der Waals surface area contributed by atoms with Crippen LogP contribution in [0.1, 0.15) is 22.5 Å². The standard InChI is InChI=1S/C21H22ClFN4OS/c1-13-8-9-14(2)19(10-13)27-15(3)24-25-21(27)29-12-20(28)26(4)11-16-17(22)6-5-7-18(16)23/h5-10H,11-12H2,1-4H3. The number of benzene rings is 2. The van der Waals surface area contributed by atoms with Crippen molar-refractivity contribution in [3.8, 4) is 5.69 Å². The second-order valence-corrected chi connectivity index (χ2v) is 8.24. The molecule has 3 rings (SSSR count). The van der Waals surface area contributed by atoms with E-state index in [1.54, 1.807) is 19.2 Å². The number of amides is 1. The van der Waals surface area contributed by atoms with Gasteiger partial charge in [0.1, 0.15) is 11.6 Å². The quantitative estimate of drug-likeness (QED) is 0.528. The molecule has 0 spiro atoms. The summed E-state index contributed by atoms with van der Waals surface area (Å²) in [7, 11) is 1.63. The van der Waals surface area contributed by atoms with Crippen molar-refractivity contribution >= 4 is 29.3 Å². The number of rotatable bonds is 6. The minimum Gasteiger partial charge on any atom is -0.341 e. The average molecular weight is 433 g/mol. The number of nitrogens with zero attached hydrogens (tertiary/aromatic N) is 4. The van der Waals surface area contributed by atoms with Crippen molar-refractivity contribution in [2.45, 2.75) is 32.5 Å². The van der Waals surface area contributed by atoms with Crippen LogP contribution in [0.3, 0.4) is 0 Å². The first-order chi connectivity index (χ1) is 13.8. The molecule has 152 valence electrons. The van der Waals surface area contributed by atoms with Crippen LogP contribution in [0.4, 0.5) is 4.39 Å². The Bertz CT molecular complexity index is 1030. The zero-order valence-corrected chi connectivity index (χ0v) is 18.3. The Labute approximate surface area is 178 Å². The largest absolute Gasteiger partial charge is 0.341 e. The van der Waals surface area contributed by atoms with E-state index >= 15 is 0 Å². The summed E-state index contributed by atoms with van der Waals surface area (Å²) in [6, 6.07) is 10.7. The Kier molecular flexibility index (Phi) is 6.59. The van der Waals surface area contributed by atoms with Crippen LogP contribution >= 0.6 is 23.4 Å². The Morgan fingerprint density at radius 1 is 1.21 bits per heavy atom. The highest BCUT2D eigenvalue weighted by atomic mass is 35.5. The summed E-state index contributed by atoms with van der Waals surface area (Å²) in [4.78, 5) is 14.1. The fourth-order valence-corrected chi connectivity index (χ4v) is 4.07. The summed E-state index contributed by atoms with van der Waals surface area (Å²) in [5, 5.41) is 9.36. The summed E-state index contributed by atoms with van der Waals surface area (Å²) in [5.74, 6) is 0.337. The van der Waals surface area contributed by atoms with Crippen LogP contribution in [0.2, 0.25) is 5.02 Å². The normalized spacial score (nSPS) is 11.0. The van der Waals surface area contributed by atoms with Gasteiger partial charge in [0.15, 0.2) is 5.16 Å². The molecular weight excluding hydrogens is 411 g/mol. The maximum absolute atomic E-state index is 14.0. The van der Waals surface area contributed by atoms with E-state index in [1.807, 2.05) is 25.3 Å². The smallest absolute Gasteiger partial charge is 0.233 e. The van der Waals surface area contributed by atoms with Crippen LogP contribution < -0.4 is 0 Å². The molecular formula is C21H22ClFN4OS. The molecule has 0 aliphatic carbocycles. The highest BCUT2D eigenvalue weighted by Gasteiger charge is 2.18. The highest BCUT2D eigenvalue weighted by Crippen LogP contribution is 2.26. The van der Waals surface area contributed by atoms with Crippen LogP contribution in [0.5, 0.6) is 0 Å². The van der Waals surface area contributed by atoms with Crippen molar-refractivity contribution in [3.63, 3.8) is 0 Å². The van der Waals surface area contributed by atoms with Crippen LogP contribution in [-0.4, -0.2) is 38.4 Å². The van der Waals surface area contributed by atoms with Crippen molar-refractivity contribution in [3.05, 3.63) is 69.8 Å². The first-order valence-corrected chi connectivity index (χ1v) is 10.4. The average Bonchev–Trinajstić information content (AvgIpc) is 3.05. The van der Waals surface area contributed by atoms with Gasteiger partial charge in [0.25, 0.3) is 0 Å². The van der Waals surface area contributed by atoms with E-state index in [9.17, 15) is 9.18 Å². The molecule has 8 heteroatoms. The monoisotopic (exact) mass is 432 g/mol. The van der Waals surface area contributed by atoms with Gasteiger partial charge in [-0.3, -0.25) is 9.36 Å². The summed E-state index contributed by atoms with van der Waals surface area (Å²) in [6.45, 7) is 6.04. The van der Waals surface area contributed by atoms with Crippen LogP contribution in [0.15, 0.2) is 41.6 Å². The van der Waals surface area contributed by atoms with Crippen molar-refractivity contribution in [2.24, 2.45) is 0 Å². The predicted octanol–water partition coefficient (Wildman–Crippen LogP) is 4.74. The SMILES string of the molecule is Cc1ccc(C)c(-n2c(C)nnc2SCC(=O)N(C)Cc2c(F)cccc2Cl)c1. The number of aryl methyl sites for hydroxylation is 3. The third-order valence-corrected chi connectivity index (χ3v) is 5.88. The van der Waals surface area contributed by atoms with Crippen LogP contribution in [0, 0.1) is 26.6 Å². The highest BCUT2D eigenvalue weighted by molar-refractivity contribution is 7.99. The van der Waals surface area contributed by atoms with E-state index in [0.29, 0.717) is 15.7 Å². The first kappa shape index (κ1) is 21.3. The summed E-state index contributed by atoms with van der Waals surface area (Å²) in [5.41, 5.74) is 3.53. The molecule has 3 aromatic rings. The number of aromatic nitrogens is 3. The number of carbonyl (C=O) groups excluding carboxylic acids is 1. The van der Waals surface area contributed by atoms with E-state index in [4.69, 9.17) is 11.6 Å². The molecule has 1 aromatic heterocycles. The van der Waals surface area contributed by atoms with Crippen LogP contribution in [0.25, 0.3) is 5.69 Å². The fourth-order valence-electron chi connectivity index (χ4n) is 2.92. The summed E-state index contributed by atoms with van der Waals surface area (Å²) < 4.78 is 15.9. The maximum Gasteiger partial charge on any atom is 0.233 e. The maximum atomic E-state index is 14.0. The molecule has 2 aromatic carbocycles. The second kappa shape index (κ2) is 8.97. The summed E-state index contributed by atoms with van der Waals surface area (Å²) in [6.07, 6.45) is 0. The Balaban J connectivity index is 1.74. The number of thioether (sulfide) groups is 1. The molecule has 0 saturated carbocycles. The zero-order chi connectivity index (χ0) is 21.1. The minimum absolute atomic E-state index is 0.105. The molecule has 5 nitrogen and oxygen atoms in total. The third kappa shape index (κ3) is 4.79. The molecule has 29 heavy (non-hydrogen) atoms. The van der Waals surface area contributed by atoms with E-state index in [1.165, 1.54) is 22.7 Å². The number of halogens is 2. The van der Waals surface area contributed by atoms with Crippen LogP contribution in [-0.2, 0) is 11.3 Å². The van der Waals surface area contributed by atoms with Gasteiger partial charge in [-0.1, -0.05) is 41.6 Å². The second-order valence-electron chi connectivity index (χ2n) is 6.89. The van der Waals surface area contributed by atoms with Gasteiger partial charge in [-0.05, 0) is 50.1 Å². The molecule has 0 aliphatic heterocycles. The van der Waals surface area contributed by atoms with Crippen molar-refractivity contribution < 1.29 is 9.18 Å². The summed E-state index contributed by atoms with van der Waals surface area (Å²) >= 11 is 7.37. The lowest BCUT2D eigenvalue weighted by Crippen LogP contribution is -2.28. The van der Waals surface area contributed by atoms with Crippen molar-refractivity contribution in [1.82, 2.24) is 19.7 Å². The molecule has 0 radical (unpaired) electrons. The first-order valence-electron chi connectivity index (χ1n) is 9.07. The van der Waals surface area contributed by atoms with Gasteiger partial charge in [0.2, 0.25) is 5.91 Å². The van der Waals surface area contributed by atoms with Crippen molar-refractivity contribution in [2.75, 3.05) is 12.8 Å². The predicted molar refractivity (Wildman–Crippen MR) is 114 cm³/mol. The molecule has 0 atom stereocenters. The number of hydrogen-bond acceptors (Lipinski definition) is 4. The molecule has 0 fully saturated rings. The lowest BCUT2D eigenvalue weighted by molar-refractivity contribution is -0.127. The topological polar surface area (TPSA) is 51.0 Å². The van der Waals surface area contributed by atoms with Gasteiger partial charge in [-0.2, -0.15) is 0 Å². The Morgan fingerprint density at radius 3 is 2.69 bits per heavy atom. The van der Waals surface area contributed by atoms with E-state index in [0.717, 1.165) is 22.6 Å². The Morgan fingerprint density at radius 2 is 1.97 bits per heavy atom. The van der Waals surface area contributed by atoms with Crippen molar-refractivity contribution in [1.29, 1.82) is 0 Å². The molecule has 1 heterocycles. The lowest BCUT2D eigenvalue weighted by Gasteiger charge is -2.18. The molecule has 1 amide bonds. The van der Waals surface area contributed by atoms with Gasteiger partial charge in [0, 0.05) is 24.2 Å². The molecule has 0 unspecified atom stereocenters. The zero-order valence-electron chi connectivity index (χ0n) is 16.7. The number of hydrogen-bond donors (Lipinski definition) is 0. The number of carbonyl (C=O) groups is 1. The molecule has 0 bridgehead atoms. The van der Waals surface area contributed by atoms with E-state index < -0.39 is 5.82 Å².